The summed E-state index contributed by atoms with van der Waals surface area (Å²) in [6, 6.07) is 11.2. The van der Waals surface area contributed by atoms with Crippen LogP contribution in [0.2, 0.25) is 0 Å². The third kappa shape index (κ3) is 3.55. The number of nitrogens with zero attached hydrogens (tertiary/aromatic N) is 1. The van der Waals surface area contributed by atoms with Gasteiger partial charge in [-0.25, -0.2) is 0 Å². The Bertz CT molecular complexity index is 315. The molecule has 1 aromatic carbocycles. The Balaban J connectivity index is 1.92. The maximum Gasteiger partial charge on any atom is 0.0446 e. The zero-order chi connectivity index (χ0) is 12.1. The van der Waals surface area contributed by atoms with Crippen molar-refractivity contribution >= 4 is 0 Å². The molecule has 1 heterocycles. The Morgan fingerprint density at radius 3 is 2.47 bits per heavy atom. The van der Waals surface area contributed by atoms with E-state index < -0.39 is 0 Å². The summed E-state index contributed by atoms with van der Waals surface area (Å²) < 4.78 is 0. The predicted octanol–water partition coefficient (Wildman–Crippen LogP) is 2.68. The summed E-state index contributed by atoms with van der Waals surface area (Å²) in [7, 11) is 2.06. The smallest absolute Gasteiger partial charge is 0.0446 e. The topological polar surface area (TPSA) is 15.3 Å². The fourth-order valence-electron chi connectivity index (χ4n) is 2.55. The SMILES string of the molecule is CNC(CN1CCC(C)CC1)c1ccccc1. The molecule has 0 aliphatic carbocycles. The Morgan fingerprint density at radius 1 is 1.24 bits per heavy atom. The van der Waals surface area contributed by atoms with Crippen LogP contribution >= 0.6 is 0 Å². The van der Waals surface area contributed by atoms with Gasteiger partial charge in [0.15, 0.2) is 0 Å². The van der Waals surface area contributed by atoms with Crippen molar-refractivity contribution in [3.05, 3.63) is 35.9 Å². The monoisotopic (exact) mass is 232 g/mol. The van der Waals surface area contributed by atoms with E-state index in [2.05, 4.69) is 54.5 Å². The first-order valence-electron chi connectivity index (χ1n) is 6.74. The lowest BCUT2D eigenvalue weighted by Crippen LogP contribution is -2.38. The van der Waals surface area contributed by atoms with E-state index in [4.69, 9.17) is 0 Å². The number of likely N-dealkylation sites (tertiary alicyclic amines) is 1. The van der Waals surface area contributed by atoms with E-state index in [1.807, 2.05) is 0 Å². The third-order valence-corrected chi connectivity index (χ3v) is 3.87. The molecular formula is C15H24N2. The van der Waals surface area contributed by atoms with E-state index in [1.54, 1.807) is 0 Å². The van der Waals surface area contributed by atoms with Crippen LogP contribution in [0.4, 0.5) is 0 Å². The van der Waals surface area contributed by atoms with Gasteiger partial charge in [-0.1, -0.05) is 37.3 Å². The van der Waals surface area contributed by atoms with Crippen LogP contribution in [0.3, 0.4) is 0 Å². The lowest BCUT2D eigenvalue weighted by molar-refractivity contribution is 0.177. The molecule has 2 heteroatoms. The molecule has 0 spiro atoms. The van der Waals surface area contributed by atoms with Gasteiger partial charge < -0.3 is 10.2 Å². The maximum absolute atomic E-state index is 3.44. The van der Waals surface area contributed by atoms with Crippen molar-refractivity contribution in [1.82, 2.24) is 10.2 Å². The molecule has 1 aromatic rings. The number of hydrogen-bond donors (Lipinski definition) is 1. The Kier molecular flexibility index (Phi) is 4.57. The number of benzene rings is 1. The van der Waals surface area contributed by atoms with Crippen molar-refractivity contribution < 1.29 is 0 Å². The number of likely N-dealkylation sites (N-methyl/N-ethyl adjacent to an activating group) is 1. The molecule has 1 fully saturated rings. The van der Waals surface area contributed by atoms with Gasteiger partial charge in [-0.15, -0.1) is 0 Å². The first kappa shape index (κ1) is 12.6. The second-order valence-corrected chi connectivity index (χ2v) is 5.24. The standard InChI is InChI=1S/C15H24N2/c1-13-8-10-17(11-9-13)12-15(16-2)14-6-4-3-5-7-14/h3-7,13,15-16H,8-12H2,1-2H3. The van der Waals surface area contributed by atoms with E-state index in [0.29, 0.717) is 6.04 Å². The number of hydrogen-bond acceptors (Lipinski definition) is 2. The van der Waals surface area contributed by atoms with Crippen LogP contribution in [-0.4, -0.2) is 31.6 Å². The minimum Gasteiger partial charge on any atom is -0.312 e. The van der Waals surface area contributed by atoms with Gasteiger partial charge in [-0.2, -0.15) is 0 Å². The molecule has 17 heavy (non-hydrogen) atoms. The van der Waals surface area contributed by atoms with Crippen molar-refractivity contribution in [1.29, 1.82) is 0 Å². The summed E-state index contributed by atoms with van der Waals surface area (Å²) in [4.78, 5) is 2.59. The molecule has 0 saturated carbocycles. The van der Waals surface area contributed by atoms with Crippen LogP contribution in [-0.2, 0) is 0 Å². The van der Waals surface area contributed by atoms with Gasteiger partial charge in [0.05, 0.1) is 0 Å². The van der Waals surface area contributed by atoms with E-state index >= 15 is 0 Å². The molecule has 2 nitrogen and oxygen atoms in total. The average molecular weight is 232 g/mol. The highest BCUT2D eigenvalue weighted by atomic mass is 15.1. The molecule has 1 aliphatic heterocycles. The van der Waals surface area contributed by atoms with Gasteiger partial charge in [0.2, 0.25) is 0 Å². The number of nitrogens with one attached hydrogen (secondary N) is 1. The predicted molar refractivity (Wildman–Crippen MR) is 73.1 cm³/mol. The largest absolute Gasteiger partial charge is 0.312 e. The Morgan fingerprint density at radius 2 is 1.88 bits per heavy atom. The van der Waals surface area contributed by atoms with Crippen LogP contribution in [0.1, 0.15) is 31.4 Å². The molecule has 94 valence electrons. The zero-order valence-corrected chi connectivity index (χ0v) is 11.0. The highest BCUT2D eigenvalue weighted by Gasteiger charge is 2.19. The van der Waals surface area contributed by atoms with Gasteiger partial charge in [0.25, 0.3) is 0 Å². The van der Waals surface area contributed by atoms with Gasteiger partial charge in [-0.05, 0) is 44.5 Å². The summed E-state index contributed by atoms with van der Waals surface area (Å²) in [5.41, 5.74) is 1.40. The van der Waals surface area contributed by atoms with Crippen LogP contribution in [0, 0.1) is 5.92 Å². The minimum atomic E-state index is 0.463. The summed E-state index contributed by atoms with van der Waals surface area (Å²) in [6.45, 7) is 6.01. The number of rotatable bonds is 4. The van der Waals surface area contributed by atoms with Crippen LogP contribution < -0.4 is 5.32 Å². The second kappa shape index (κ2) is 6.18. The Labute approximate surface area is 105 Å². The first-order valence-corrected chi connectivity index (χ1v) is 6.74. The normalized spacial score (nSPS) is 20.4. The van der Waals surface area contributed by atoms with E-state index in [-0.39, 0.29) is 0 Å². The van der Waals surface area contributed by atoms with Crippen molar-refractivity contribution in [2.75, 3.05) is 26.7 Å². The van der Waals surface area contributed by atoms with Crippen LogP contribution in [0.5, 0.6) is 0 Å². The van der Waals surface area contributed by atoms with Gasteiger partial charge >= 0.3 is 0 Å². The molecular weight excluding hydrogens is 208 g/mol. The molecule has 0 amide bonds. The van der Waals surface area contributed by atoms with Gasteiger partial charge in [0.1, 0.15) is 0 Å². The van der Waals surface area contributed by atoms with E-state index in [9.17, 15) is 0 Å². The van der Waals surface area contributed by atoms with E-state index in [1.165, 1.54) is 31.5 Å². The molecule has 2 rings (SSSR count). The molecule has 1 atom stereocenters. The third-order valence-electron chi connectivity index (χ3n) is 3.87. The fourth-order valence-corrected chi connectivity index (χ4v) is 2.55. The van der Waals surface area contributed by atoms with Crippen molar-refractivity contribution in [3.8, 4) is 0 Å². The van der Waals surface area contributed by atoms with Crippen molar-refractivity contribution in [3.63, 3.8) is 0 Å². The van der Waals surface area contributed by atoms with Crippen molar-refractivity contribution in [2.24, 2.45) is 5.92 Å². The van der Waals surface area contributed by atoms with Crippen molar-refractivity contribution in [2.45, 2.75) is 25.8 Å². The lowest BCUT2D eigenvalue weighted by Gasteiger charge is -2.33. The summed E-state index contributed by atoms with van der Waals surface area (Å²) in [5, 5.41) is 3.44. The zero-order valence-electron chi connectivity index (χ0n) is 11.0. The molecule has 0 aromatic heterocycles. The molecule has 1 aliphatic rings. The summed E-state index contributed by atoms with van der Waals surface area (Å²) in [5.74, 6) is 0.913. The van der Waals surface area contributed by atoms with E-state index in [0.717, 1.165) is 12.5 Å². The molecule has 1 N–H and O–H groups in total. The van der Waals surface area contributed by atoms with Gasteiger partial charge in [-0.3, -0.25) is 0 Å². The quantitative estimate of drug-likeness (QED) is 0.858. The maximum atomic E-state index is 3.44. The lowest BCUT2D eigenvalue weighted by atomic mass is 9.98. The Hall–Kier alpha value is -0.860. The highest BCUT2D eigenvalue weighted by molar-refractivity contribution is 5.19. The van der Waals surface area contributed by atoms with Crippen LogP contribution in [0.15, 0.2) is 30.3 Å². The number of piperidine rings is 1. The first-order chi connectivity index (χ1) is 8.29. The molecule has 1 saturated heterocycles. The van der Waals surface area contributed by atoms with Gasteiger partial charge in [0, 0.05) is 12.6 Å². The summed E-state index contributed by atoms with van der Waals surface area (Å²) >= 11 is 0. The highest BCUT2D eigenvalue weighted by Crippen LogP contribution is 2.19. The molecule has 1 unspecified atom stereocenters. The average Bonchev–Trinajstić information content (AvgIpc) is 2.39. The summed E-state index contributed by atoms with van der Waals surface area (Å²) in [6.07, 6.45) is 2.70. The molecule has 0 radical (unpaired) electrons. The fraction of sp³-hybridized carbons (Fsp3) is 0.600. The minimum absolute atomic E-state index is 0.463. The van der Waals surface area contributed by atoms with Crippen LogP contribution in [0.25, 0.3) is 0 Å². The second-order valence-electron chi connectivity index (χ2n) is 5.24. The molecule has 0 bridgehead atoms.